The lowest BCUT2D eigenvalue weighted by Crippen LogP contribution is -2.45. The molecule has 1 fully saturated rings. The number of hydrogen-bond donors (Lipinski definition) is 1. The molecule has 7 nitrogen and oxygen atoms in total. The first kappa shape index (κ1) is 19.3. The Bertz CT molecular complexity index is 891. The lowest BCUT2D eigenvalue weighted by Gasteiger charge is -2.34. The largest absolute Gasteiger partial charge is 0.478 e. The fraction of sp³-hybridized carbons (Fsp3) is 0.364. The van der Waals surface area contributed by atoms with Crippen molar-refractivity contribution in [2.24, 2.45) is 0 Å². The minimum absolute atomic E-state index is 0.0300. The summed E-state index contributed by atoms with van der Waals surface area (Å²) in [6.07, 6.45) is -0.850. The molecule has 2 aromatic carbocycles. The number of nitrogens with one attached hydrogen (secondary N) is 1. The van der Waals surface area contributed by atoms with Crippen LogP contribution in [-0.4, -0.2) is 63.1 Å². The first-order valence-electron chi connectivity index (χ1n) is 9.88. The summed E-state index contributed by atoms with van der Waals surface area (Å²) in [5.74, 6) is 0.150. The van der Waals surface area contributed by atoms with Gasteiger partial charge in [-0.15, -0.1) is 0 Å². The Labute approximate surface area is 170 Å². The van der Waals surface area contributed by atoms with Gasteiger partial charge in [0.05, 0.1) is 12.1 Å². The Morgan fingerprint density at radius 3 is 2.45 bits per heavy atom. The van der Waals surface area contributed by atoms with Crippen molar-refractivity contribution in [1.29, 1.82) is 0 Å². The van der Waals surface area contributed by atoms with E-state index in [1.807, 2.05) is 42.5 Å². The summed E-state index contributed by atoms with van der Waals surface area (Å²) < 4.78 is 5.77. The molecule has 2 amide bonds. The molecule has 7 heteroatoms. The number of anilines is 3. The van der Waals surface area contributed by atoms with Crippen molar-refractivity contribution in [1.82, 2.24) is 4.90 Å². The summed E-state index contributed by atoms with van der Waals surface area (Å²) in [7, 11) is 3.83. The van der Waals surface area contributed by atoms with Crippen LogP contribution >= 0.6 is 0 Å². The van der Waals surface area contributed by atoms with Gasteiger partial charge >= 0.3 is 0 Å². The number of likely N-dealkylation sites (N-methyl/N-ethyl adjacent to an activating group) is 2. The van der Waals surface area contributed by atoms with Crippen LogP contribution in [0.1, 0.15) is 6.42 Å². The van der Waals surface area contributed by atoms with Crippen molar-refractivity contribution in [3.63, 3.8) is 0 Å². The lowest BCUT2D eigenvalue weighted by molar-refractivity contribution is -0.130. The van der Waals surface area contributed by atoms with Crippen LogP contribution in [0.3, 0.4) is 0 Å². The minimum atomic E-state index is -0.820. The molecular weight excluding hydrogens is 368 g/mol. The number of benzene rings is 2. The molecule has 152 valence electrons. The predicted octanol–water partition coefficient (Wildman–Crippen LogP) is 2.19. The molecule has 2 aliphatic heterocycles. The van der Waals surface area contributed by atoms with E-state index in [9.17, 15) is 9.59 Å². The van der Waals surface area contributed by atoms with Crippen LogP contribution in [0.4, 0.5) is 17.1 Å². The zero-order valence-electron chi connectivity index (χ0n) is 16.8. The minimum Gasteiger partial charge on any atom is -0.478 e. The van der Waals surface area contributed by atoms with Crippen LogP contribution < -0.4 is 19.9 Å². The normalized spacial score (nSPS) is 19.5. The van der Waals surface area contributed by atoms with E-state index in [1.165, 1.54) is 0 Å². The average Bonchev–Trinajstić information content (AvgIpc) is 2.73. The molecule has 4 rings (SSSR count). The highest BCUT2D eigenvalue weighted by Crippen LogP contribution is 2.33. The quantitative estimate of drug-likeness (QED) is 0.861. The first-order chi connectivity index (χ1) is 14.0. The molecule has 2 aliphatic rings. The molecule has 0 aliphatic carbocycles. The molecule has 0 radical (unpaired) electrons. The molecule has 0 bridgehead atoms. The number of nitrogens with zero attached hydrogens (tertiary/aromatic N) is 3. The molecule has 0 saturated carbocycles. The average molecular weight is 394 g/mol. The standard InChI is InChI=1S/C22H26N4O3/c1-24-11-13-26(14-12-24)17-9-7-16(8-10-17)23-21(27)15-20-22(28)25(2)18-5-3-4-6-19(18)29-20/h3-10,20H,11-15H2,1-2H3,(H,23,27). The smallest absolute Gasteiger partial charge is 0.268 e. The Morgan fingerprint density at radius 2 is 1.72 bits per heavy atom. The third-order valence-corrected chi connectivity index (χ3v) is 5.49. The SMILES string of the molecule is CN1CCN(c2ccc(NC(=O)CC3Oc4ccccc4N(C)C3=O)cc2)CC1. The molecule has 1 atom stereocenters. The van der Waals surface area contributed by atoms with Crippen molar-refractivity contribution in [2.75, 3.05) is 55.4 Å². The van der Waals surface area contributed by atoms with Gasteiger partial charge in [-0.05, 0) is 43.4 Å². The number of hydrogen-bond acceptors (Lipinski definition) is 5. The maximum atomic E-state index is 12.5. The van der Waals surface area contributed by atoms with E-state index < -0.39 is 6.10 Å². The van der Waals surface area contributed by atoms with E-state index in [1.54, 1.807) is 18.0 Å². The second-order valence-electron chi connectivity index (χ2n) is 7.56. The van der Waals surface area contributed by atoms with Gasteiger partial charge in [-0.3, -0.25) is 9.59 Å². The number of carbonyl (C=O) groups is 2. The number of rotatable bonds is 4. The fourth-order valence-corrected chi connectivity index (χ4v) is 3.70. The maximum Gasteiger partial charge on any atom is 0.268 e. The first-order valence-corrected chi connectivity index (χ1v) is 9.88. The van der Waals surface area contributed by atoms with Crippen molar-refractivity contribution >= 4 is 28.9 Å². The Balaban J connectivity index is 1.36. The van der Waals surface area contributed by atoms with Crippen LogP contribution in [0, 0.1) is 0 Å². The fourth-order valence-electron chi connectivity index (χ4n) is 3.70. The molecule has 1 unspecified atom stereocenters. The van der Waals surface area contributed by atoms with Gasteiger partial charge < -0.3 is 24.8 Å². The monoisotopic (exact) mass is 394 g/mol. The number of piperazine rings is 1. The van der Waals surface area contributed by atoms with Crippen molar-refractivity contribution in [3.8, 4) is 5.75 Å². The predicted molar refractivity (Wildman–Crippen MR) is 114 cm³/mol. The topological polar surface area (TPSA) is 65.1 Å². The highest BCUT2D eigenvalue weighted by molar-refractivity contribution is 6.03. The third kappa shape index (κ3) is 4.19. The zero-order valence-corrected chi connectivity index (χ0v) is 16.8. The molecule has 1 saturated heterocycles. The van der Waals surface area contributed by atoms with Gasteiger partial charge in [-0.2, -0.15) is 0 Å². The van der Waals surface area contributed by atoms with Crippen LogP contribution in [0.5, 0.6) is 5.75 Å². The van der Waals surface area contributed by atoms with Gasteiger partial charge in [0.15, 0.2) is 6.10 Å². The van der Waals surface area contributed by atoms with Gasteiger partial charge in [-0.1, -0.05) is 12.1 Å². The van der Waals surface area contributed by atoms with E-state index in [0.717, 1.165) is 31.9 Å². The Hall–Kier alpha value is -3.06. The highest BCUT2D eigenvalue weighted by atomic mass is 16.5. The van der Waals surface area contributed by atoms with Crippen molar-refractivity contribution in [3.05, 3.63) is 48.5 Å². The summed E-state index contributed by atoms with van der Waals surface area (Å²) in [6.45, 7) is 4.09. The number of carbonyl (C=O) groups excluding carboxylic acids is 2. The number of ether oxygens (including phenoxy) is 1. The molecule has 0 aromatic heterocycles. The second-order valence-corrected chi connectivity index (χ2v) is 7.56. The second kappa shape index (κ2) is 8.13. The summed E-state index contributed by atoms with van der Waals surface area (Å²) in [4.78, 5) is 31.2. The molecule has 2 heterocycles. The lowest BCUT2D eigenvalue weighted by atomic mass is 10.1. The summed E-state index contributed by atoms with van der Waals surface area (Å²) in [5.41, 5.74) is 2.58. The van der Waals surface area contributed by atoms with E-state index in [2.05, 4.69) is 22.2 Å². The maximum absolute atomic E-state index is 12.5. The molecule has 0 spiro atoms. The van der Waals surface area contributed by atoms with E-state index in [-0.39, 0.29) is 18.2 Å². The molecule has 1 N–H and O–H groups in total. The number of fused-ring (bicyclic) bond motifs is 1. The van der Waals surface area contributed by atoms with Crippen molar-refractivity contribution < 1.29 is 14.3 Å². The molecule has 29 heavy (non-hydrogen) atoms. The summed E-state index contributed by atoms with van der Waals surface area (Å²) in [6, 6.07) is 15.2. The van der Waals surface area contributed by atoms with Gasteiger partial charge in [0, 0.05) is 44.6 Å². The third-order valence-electron chi connectivity index (χ3n) is 5.49. The number of amides is 2. The molecular formula is C22H26N4O3. The highest BCUT2D eigenvalue weighted by Gasteiger charge is 2.33. The van der Waals surface area contributed by atoms with E-state index in [0.29, 0.717) is 17.1 Å². The van der Waals surface area contributed by atoms with Crippen LogP contribution in [-0.2, 0) is 9.59 Å². The van der Waals surface area contributed by atoms with Crippen LogP contribution in [0.25, 0.3) is 0 Å². The van der Waals surface area contributed by atoms with Gasteiger partial charge in [-0.25, -0.2) is 0 Å². The van der Waals surface area contributed by atoms with Crippen LogP contribution in [0.15, 0.2) is 48.5 Å². The molecule has 2 aromatic rings. The number of para-hydroxylation sites is 2. The zero-order chi connectivity index (χ0) is 20.4. The Kier molecular flexibility index (Phi) is 5.40. The van der Waals surface area contributed by atoms with Gasteiger partial charge in [0.25, 0.3) is 5.91 Å². The van der Waals surface area contributed by atoms with E-state index >= 15 is 0 Å². The van der Waals surface area contributed by atoms with E-state index in [4.69, 9.17) is 4.74 Å². The van der Waals surface area contributed by atoms with Crippen molar-refractivity contribution in [2.45, 2.75) is 12.5 Å². The van der Waals surface area contributed by atoms with Gasteiger partial charge in [0.2, 0.25) is 5.91 Å². The van der Waals surface area contributed by atoms with Crippen LogP contribution in [0.2, 0.25) is 0 Å². The van der Waals surface area contributed by atoms with Gasteiger partial charge in [0.1, 0.15) is 5.75 Å². The Morgan fingerprint density at radius 1 is 1.03 bits per heavy atom. The summed E-state index contributed by atoms with van der Waals surface area (Å²) >= 11 is 0. The summed E-state index contributed by atoms with van der Waals surface area (Å²) in [5, 5.41) is 2.87.